The number of carbonyl (C=O) groups excluding carboxylic acids is 1. The summed E-state index contributed by atoms with van der Waals surface area (Å²) in [6.07, 6.45) is 4.51. The van der Waals surface area contributed by atoms with Gasteiger partial charge in [-0.2, -0.15) is 0 Å². The van der Waals surface area contributed by atoms with Gasteiger partial charge in [-0.25, -0.2) is 4.98 Å². The second kappa shape index (κ2) is 7.85. The highest BCUT2D eigenvalue weighted by molar-refractivity contribution is 6.03. The molecule has 1 saturated carbocycles. The van der Waals surface area contributed by atoms with Crippen LogP contribution < -0.4 is 10.5 Å². The fraction of sp³-hybridized carbons (Fsp3) is 0.429. The van der Waals surface area contributed by atoms with Crippen LogP contribution in [0.5, 0.6) is 5.75 Å². The minimum Gasteiger partial charge on any atom is -0.489 e. The molecule has 4 aromatic rings. The molecule has 7 nitrogen and oxygen atoms in total. The lowest BCUT2D eigenvalue weighted by molar-refractivity contribution is 0.0707. The minimum absolute atomic E-state index is 0.0314. The van der Waals surface area contributed by atoms with Gasteiger partial charge in [0.15, 0.2) is 5.82 Å². The molecule has 2 fully saturated rings. The van der Waals surface area contributed by atoms with E-state index in [1.165, 1.54) is 23.7 Å². The third-order valence-corrected chi connectivity index (χ3v) is 7.96. The zero-order valence-electron chi connectivity index (χ0n) is 20.2. The Hall–Kier alpha value is -3.32. The number of para-hydroxylation sites is 1. The smallest absolute Gasteiger partial charge is 0.254 e. The Bertz CT molecular complexity index is 1480. The Labute approximate surface area is 204 Å². The van der Waals surface area contributed by atoms with Crippen LogP contribution in [0, 0.1) is 12.8 Å². The minimum atomic E-state index is 0.0314. The number of nitrogens with two attached hydrogens (primary N) is 1. The molecule has 0 radical (unpaired) electrons. The van der Waals surface area contributed by atoms with Gasteiger partial charge in [-0.1, -0.05) is 18.2 Å². The van der Waals surface area contributed by atoms with Crippen LogP contribution in [-0.4, -0.2) is 50.7 Å². The van der Waals surface area contributed by atoms with E-state index in [1.54, 1.807) is 0 Å². The van der Waals surface area contributed by atoms with Gasteiger partial charge in [0.2, 0.25) is 0 Å². The Morgan fingerprint density at radius 3 is 2.86 bits per heavy atom. The second-order valence-electron chi connectivity index (χ2n) is 10.5. The highest BCUT2D eigenvalue weighted by Crippen LogP contribution is 2.40. The van der Waals surface area contributed by atoms with E-state index in [1.807, 2.05) is 17.9 Å². The maximum absolute atomic E-state index is 13.5. The first-order valence-electron chi connectivity index (χ1n) is 12.9. The molecule has 2 aliphatic heterocycles. The normalized spacial score (nSPS) is 19.9. The van der Waals surface area contributed by atoms with Gasteiger partial charge in [0.25, 0.3) is 5.91 Å². The van der Waals surface area contributed by atoms with Gasteiger partial charge in [-0.15, -0.1) is 0 Å². The van der Waals surface area contributed by atoms with Gasteiger partial charge in [0.05, 0.1) is 17.8 Å². The number of hydrogen-bond donors (Lipinski definition) is 1. The van der Waals surface area contributed by atoms with E-state index >= 15 is 0 Å². The lowest BCUT2D eigenvalue weighted by Crippen LogP contribution is -2.45. The number of amides is 1. The molecule has 1 saturated heterocycles. The fourth-order valence-electron chi connectivity index (χ4n) is 5.91. The van der Waals surface area contributed by atoms with Crippen molar-refractivity contribution in [2.75, 3.05) is 19.7 Å². The largest absolute Gasteiger partial charge is 0.489 e. The first kappa shape index (κ1) is 21.0. The molecule has 0 bridgehead atoms. The molecule has 2 aromatic carbocycles. The summed E-state index contributed by atoms with van der Waals surface area (Å²) >= 11 is 0. The summed E-state index contributed by atoms with van der Waals surface area (Å²) in [5.74, 6) is 2.50. The molecule has 2 N–H and O–H groups in total. The van der Waals surface area contributed by atoms with Gasteiger partial charge >= 0.3 is 0 Å². The Balaban J connectivity index is 1.40. The van der Waals surface area contributed by atoms with Crippen LogP contribution in [-0.2, 0) is 13.1 Å². The molecule has 2 aromatic heterocycles. The summed E-state index contributed by atoms with van der Waals surface area (Å²) < 4.78 is 10.8. The first-order valence-corrected chi connectivity index (χ1v) is 12.9. The summed E-state index contributed by atoms with van der Waals surface area (Å²) in [6.45, 7) is 5.71. The second-order valence-corrected chi connectivity index (χ2v) is 10.5. The predicted molar refractivity (Wildman–Crippen MR) is 137 cm³/mol. The van der Waals surface area contributed by atoms with Crippen molar-refractivity contribution in [1.29, 1.82) is 0 Å². The van der Waals surface area contributed by atoms with Crippen molar-refractivity contribution < 1.29 is 9.53 Å². The molecule has 0 unspecified atom stereocenters. The molecular formula is C28H31N5O2. The van der Waals surface area contributed by atoms with E-state index in [2.05, 4.69) is 39.5 Å². The molecule has 180 valence electrons. The summed E-state index contributed by atoms with van der Waals surface area (Å²) in [6, 6.07) is 12.9. The summed E-state index contributed by atoms with van der Waals surface area (Å²) in [5.41, 5.74) is 12.0. The first-order chi connectivity index (χ1) is 17.1. The third-order valence-electron chi connectivity index (χ3n) is 7.96. The Morgan fingerprint density at radius 1 is 1.17 bits per heavy atom. The van der Waals surface area contributed by atoms with Crippen LogP contribution >= 0.6 is 0 Å². The third kappa shape index (κ3) is 3.36. The Morgan fingerprint density at radius 2 is 2.03 bits per heavy atom. The van der Waals surface area contributed by atoms with E-state index in [0.29, 0.717) is 18.7 Å². The van der Waals surface area contributed by atoms with Crippen LogP contribution in [0.2, 0.25) is 0 Å². The standard InChI is InChI=1S/C28H31N5O2/c1-17-21(28(34)31-10-4-6-20(29)16-31)14-24-26-25(17)30-27(32(26)11-12-35-24)23-13-19-5-2-3-7-22(19)33(23)15-18-8-9-18/h2-3,5,7,13-14,18,20H,4,6,8-12,15-16,29H2,1H3/t20-/m1/s1. The lowest BCUT2D eigenvalue weighted by Gasteiger charge is -2.31. The monoisotopic (exact) mass is 469 g/mol. The van der Waals surface area contributed by atoms with Crippen molar-refractivity contribution in [3.63, 3.8) is 0 Å². The number of likely N-dealkylation sites (tertiary alicyclic amines) is 1. The quantitative estimate of drug-likeness (QED) is 0.483. The molecule has 4 heterocycles. The van der Waals surface area contributed by atoms with Crippen molar-refractivity contribution in [2.24, 2.45) is 11.7 Å². The molecule has 0 spiro atoms. The highest BCUT2D eigenvalue weighted by atomic mass is 16.5. The highest BCUT2D eigenvalue weighted by Gasteiger charge is 2.30. The number of aromatic nitrogens is 3. The van der Waals surface area contributed by atoms with E-state index in [4.69, 9.17) is 15.5 Å². The van der Waals surface area contributed by atoms with Crippen molar-refractivity contribution in [2.45, 2.75) is 51.7 Å². The van der Waals surface area contributed by atoms with Crippen molar-refractivity contribution in [3.8, 4) is 17.3 Å². The summed E-state index contributed by atoms with van der Waals surface area (Å²) in [4.78, 5) is 20.6. The van der Waals surface area contributed by atoms with Gasteiger partial charge in [-0.05, 0) is 62.3 Å². The van der Waals surface area contributed by atoms with Crippen LogP contribution in [0.15, 0.2) is 36.4 Å². The Kier molecular flexibility index (Phi) is 4.71. The van der Waals surface area contributed by atoms with Crippen molar-refractivity contribution in [3.05, 3.63) is 47.5 Å². The molecule has 7 rings (SSSR count). The van der Waals surface area contributed by atoms with E-state index in [9.17, 15) is 4.79 Å². The molecule has 1 atom stereocenters. The van der Waals surface area contributed by atoms with Crippen molar-refractivity contribution in [1.82, 2.24) is 19.0 Å². The van der Waals surface area contributed by atoms with E-state index < -0.39 is 0 Å². The van der Waals surface area contributed by atoms with Crippen LogP contribution in [0.4, 0.5) is 0 Å². The van der Waals surface area contributed by atoms with Crippen LogP contribution in [0.3, 0.4) is 0 Å². The average Bonchev–Trinajstić information content (AvgIpc) is 3.50. The number of aryl methyl sites for hydroxylation is 1. The van der Waals surface area contributed by atoms with E-state index in [0.717, 1.165) is 72.3 Å². The number of hydrogen-bond acceptors (Lipinski definition) is 4. The number of fused-ring (bicyclic) bond motifs is 1. The number of carbonyl (C=O) groups is 1. The number of benzene rings is 2. The predicted octanol–water partition coefficient (Wildman–Crippen LogP) is 4.33. The van der Waals surface area contributed by atoms with Crippen LogP contribution in [0.25, 0.3) is 33.5 Å². The molecular weight excluding hydrogens is 438 g/mol. The molecule has 1 amide bonds. The maximum Gasteiger partial charge on any atom is 0.254 e. The summed E-state index contributed by atoms with van der Waals surface area (Å²) in [5, 5.41) is 1.24. The molecule has 7 heteroatoms. The zero-order chi connectivity index (χ0) is 23.7. The number of nitrogens with zero attached hydrogens (tertiary/aromatic N) is 4. The van der Waals surface area contributed by atoms with Crippen molar-refractivity contribution >= 4 is 27.8 Å². The van der Waals surface area contributed by atoms with Gasteiger partial charge < -0.3 is 24.5 Å². The number of ether oxygens (including phenoxy) is 1. The topological polar surface area (TPSA) is 78.3 Å². The van der Waals surface area contributed by atoms with Crippen LogP contribution in [0.1, 0.15) is 41.6 Å². The maximum atomic E-state index is 13.5. The molecule has 35 heavy (non-hydrogen) atoms. The number of imidazole rings is 1. The SMILES string of the molecule is Cc1c(C(=O)N2CCC[C@@H](N)C2)cc2c3c1nc(-c1cc4ccccc4n1CC1CC1)n3CCO2. The summed E-state index contributed by atoms with van der Waals surface area (Å²) in [7, 11) is 0. The number of rotatable bonds is 4. The molecule has 1 aliphatic carbocycles. The number of piperidine rings is 1. The van der Waals surface area contributed by atoms with E-state index in [-0.39, 0.29) is 11.9 Å². The fourth-order valence-corrected chi connectivity index (χ4v) is 5.91. The van der Waals surface area contributed by atoms with Gasteiger partial charge in [-0.3, -0.25) is 4.79 Å². The van der Waals surface area contributed by atoms with Gasteiger partial charge in [0, 0.05) is 42.1 Å². The molecule has 3 aliphatic rings. The lowest BCUT2D eigenvalue weighted by atomic mass is 10.0. The average molecular weight is 470 g/mol. The van der Waals surface area contributed by atoms with Gasteiger partial charge in [0.1, 0.15) is 17.9 Å². The zero-order valence-corrected chi connectivity index (χ0v) is 20.2.